The van der Waals surface area contributed by atoms with Crippen molar-refractivity contribution >= 4 is 5.96 Å². The Bertz CT molecular complexity index is 423. The lowest BCUT2D eigenvalue weighted by Crippen LogP contribution is -2.57. The van der Waals surface area contributed by atoms with E-state index in [4.69, 9.17) is 4.74 Å². The summed E-state index contributed by atoms with van der Waals surface area (Å²) < 4.78 is 5.58. The highest BCUT2D eigenvalue weighted by molar-refractivity contribution is 5.80. The van der Waals surface area contributed by atoms with Gasteiger partial charge in [0.25, 0.3) is 0 Å². The van der Waals surface area contributed by atoms with Gasteiger partial charge in [-0.2, -0.15) is 0 Å². The number of likely N-dealkylation sites (N-methyl/N-ethyl adjacent to an activating group) is 1. The molecule has 1 spiro atoms. The molecule has 1 aliphatic carbocycles. The van der Waals surface area contributed by atoms with Crippen molar-refractivity contribution in [3.05, 3.63) is 0 Å². The predicted octanol–water partition coefficient (Wildman–Crippen LogP) is 1.94. The molecule has 23 heavy (non-hydrogen) atoms. The second kappa shape index (κ2) is 6.98. The van der Waals surface area contributed by atoms with E-state index in [1.807, 2.05) is 7.05 Å². The van der Waals surface area contributed by atoms with Crippen LogP contribution in [0.5, 0.6) is 0 Å². The third-order valence-electron chi connectivity index (χ3n) is 6.56. The zero-order valence-electron chi connectivity index (χ0n) is 15.2. The Labute approximate surface area is 141 Å². The second-order valence-electron chi connectivity index (χ2n) is 8.01. The number of nitrogens with one attached hydrogen (secondary N) is 1. The molecule has 0 amide bonds. The van der Waals surface area contributed by atoms with Crippen LogP contribution in [0.25, 0.3) is 0 Å². The molecule has 3 rings (SSSR count). The van der Waals surface area contributed by atoms with Gasteiger partial charge in [0, 0.05) is 45.4 Å². The number of guanidine groups is 1. The maximum absolute atomic E-state index is 5.58. The molecule has 3 aliphatic rings. The third kappa shape index (κ3) is 3.50. The zero-order chi connectivity index (χ0) is 16.3. The SMILES string of the molecule is CN=C(NCC1(N(C)C)CCOCC1)N1CCC2(CCCC2)C1. The molecule has 2 heterocycles. The van der Waals surface area contributed by atoms with E-state index in [0.29, 0.717) is 5.41 Å². The Morgan fingerprint density at radius 1 is 1.13 bits per heavy atom. The second-order valence-corrected chi connectivity index (χ2v) is 8.01. The molecule has 2 aliphatic heterocycles. The molecule has 0 aromatic carbocycles. The Balaban J connectivity index is 1.59. The van der Waals surface area contributed by atoms with Crippen molar-refractivity contribution < 1.29 is 4.74 Å². The van der Waals surface area contributed by atoms with Crippen molar-refractivity contribution in [1.29, 1.82) is 0 Å². The van der Waals surface area contributed by atoms with Gasteiger partial charge in [0.05, 0.1) is 0 Å². The summed E-state index contributed by atoms with van der Waals surface area (Å²) >= 11 is 0. The van der Waals surface area contributed by atoms with Crippen molar-refractivity contribution in [2.75, 3.05) is 54.0 Å². The molecule has 0 aromatic heterocycles. The fourth-order valence-corrected chi connectivity index (χ4v) is 4.76. The Morgan fingerprint density at radius 3 is 2.43 bits per heavy atom. The summed E-state index contributed by atoms with van der Waals surface area (Å²) in [5, 5.41) is 3.69. The maximum Gasteiger partial charge on any atom is 0.193 e. The van der Waals surface area contributed by atoms with Gasteiger partial charge < -0.3 is 19.9 Å². The molecule has 0 aromatic rings. The van der Waals surface area contributed by atoms with Crippen molar-refractivity contribution in [3.8, 4) is 0 Å². The van der Waals surface area contributed by atoms with Gasteiger partial charge >= 0.3 is 0 Å². The van der Waals surface area contributed by atoms with E-state index in [1.54, 1.807) is 0 Å². The first-order valence-electron chi connectivity index (χ1n) is 9.30. The van der Waals surface area contributed by atoms with Crippen LogP contribution in [-0.2, 0) is 4.74 Å². The van der Waals surface area contributed by atoms with Crippen LogP contribution in [0.3, 0.4) is 0 Å². The van der Waals surface area contributed by atoms with Gasteiger partial charge in [-0.25, -0.2) is 0 Å². The molecule has 0 radical (unpaired) electrons. The summed E-state index contributed by atoms with van der Waals surface area (Å²) in [6, 6.07) is 0. The number of ether oxygens (including phenoxy) is 1. The number of nitrogens with zero attached hydrogens (tertiary/aromatic N) is 3. The molecule has 2 saturated heterocycles. The fraction of sp³-hybridized carbons (Fsp3) is 0.944. The van der Waals surface area contributed by atoms with Crippen LogP contribution in [0.15, 0.2) is 4.99 Å². The zero-order valence-corrected chi connectivity index (χ0v) is 15.2. The van der Waals surface area contributed by atoms with Crippen LogP contribution in [0, 0.1) is 5.41 Å². The van der Waals surface area contributed by atoms with Crippen molar-refractivity contribution in [2.45, 2.75) is 50.5 Å². The summed E-state index contributed by atoms with van der Waals surface area (Å²) in [6.07, 6.45) is 9.20. The standard InChI is InChI=1S/C18H34N4O/c1-19-16(22-11-8-17(15-22)6-4-5-7-17)20-14-18(21(2)3)9-12-23-13-10-18/h4-15H2,1-3H3,(H,19,20). The average Bonchev–Trinajstić information content (AvgIpc) is 3.19. The monoisotopic (exact) mass is 322 g/mol. The van der Waals surface area contributed by atoms with Gasteiger partial charge in [-0.05, 0) is 51.6 Å². The Kier molecular flexibility index (Phi) is 5.16. The number of likely N-dealkylation sites (tertiary alicyclic amines) is 1. The minimum Gasteiger partial charge on any atom is -0.381 e. The highest BCUT2D eigenvalue weighted by atomic mass is 16.5. The fourth-order valence-electron chi connectivity index (χ4n) is 4.76. The van der Waals surface area contributed by atoms with Crippen molar-refractivity contribution in [2.24, 2.45) is 10.4 Å². The number of hydrogen-bond donors (Lipinski definition) is 1. The largest absolute Gasteiger partial charge is 0.381 e. The predicted molar refractivity (Wildman–Crippen MR) is 94.9 cm³/mol. The molecule has 5 nitrogen and oxygen atoms in total. The molecule has 1 saturated carbocycles. The highest BCUT2D eigenvalue weighted by Gasteiger charge is 2.41. The first kappa shape index (κ1) is 17.0. The molecule has 0 bridgehead atoms. The van der Waals surface area contributed by atoms with Gasteiger partial charge in [0.1, 0.15) is 0 Å². The minimum absolute atomic E-state index is 0.193. The van der Waals surface area contributed by atoms with E-state index >= 15 is 0 Å². The molecule has 1 N–H and O–H groups in total. The van der Waals surface area contributed by atoms with Crippen molar-refractivity contribution in [3.63, 3.8) is 0 Å². The van der Waals surface area contributed by atoms with Gasteiger partial charge in [-0.15, -0.1) is 0 Å². The van der Waals surface area contributed by atoms with E-state index in [9.17, 15) is 0 Å². The van der Waals surface area contributed by atoms with Crippen LogP contribution in [0.2, 0.25) is 0 Å². The number of aliphatic imine (C=N–C) groups is 1. The van der Waals surface area contributed by atoms with Crippen LogP contribution >= 0.6 is 0 Å². The summed E-state index contributed by atoms with van der Waals surface area (Å²) in [5.74, 6) is 1.10. The third-order valence-corrected chi connectivity index (χ3v) is 6.56. The van der Waals surface area contributed by atoms with E-state index in [1.165, 1.54) is 38.6 Å². The first-order valence-corrected chi connectivity index (χ1v) is 9.30. The van der Waals surface area contributed by atoms with Gasteiger partial charge in [0.15, 0.2) is 5.96 Å². The molecule has 0 atom stereocenters. The lowest BCUT2D eigenvalue weighted by molar-refractivity contribution is -0.00523. The average molecular weight is 322 g/mol. The molecular formula is C18H34N4O. The van der Waals surface area contributed by atoms with Crippen molar-refractivity contribution in [1.82, 2.24) is 15.1 Å². The normalized spacial score (nSPS) is 27.1. The first-order chi connectivity index (χ1) is 11.1. The van der Waals surface area contributed by atoms with Crippen LogP contribution in [0.4, 0.5) is 0 Å². The molecule has 5 heteroatoms. The summed E-state index contributed by atoms with van der Waals surface area (Å²) in [6.45, 7) is 5.05. The van der Waals surface area contributed by atoms with E-state index in [2.05, 4.69) is 34.2 Å². The topological polar surface area (TPSA) is 40.1 Å². The molecule has 132 valence electrons. The number of hydrogen-bond acceptors (Lipinski definition) is 3. The van der Waals surface area contributed by atoms with E-state index in [-0.39, 0.29) is 5.54 Å². The summed E-state index contributed by atoms with van der Waals surface area (Å²) in [7, 11) is 6.31. The van der Waals surface area contributed by atoms with Gasteiger partial charge in [-0.3, -0.25) is 4.99 Å². The van der Waals surface area contributed by atoms with E-state index in [0.717, 1.165) is 45.1 Å². The lowest BCUT2D eigenvalue weighted by atomic mass is 9.86. The summed E-state index contributed by atoms with van der Waals surface area (Å²) in [5.41, 5.74) is 0.786. The Morgan fingerprint density at radius 2 is 1.83 bits per heavy atom. The maximum atomic E-state index is 5.58. The number of rotatable bonds is 3. The lowest BCUT2D eigenvalue weighted by Gasteiger charge is -2.43. The van der Waals surface area contributed by atoms with E-state index < -0.39 is 0 Å². The Hall–Kier alpha value is -0.810. The van der Waals surface area contributed by atoms with Gasteiger partial charge in [-0.1, -0.05) is 12.8 Å². The summed E-state index contributed by atoms with van der Waals surface area (Å²) in [4.78, 5) is 9.45. The van der Waals surface area contributed by atoms with Crippen LogP contribution in [-0.4, -0.2) is 75.3 Å². The highest BCUT2D eigenvalue weighted by Crippen LogP contribution is 2.45. The molecular weight excluding hydrogens is 288 g/mol. The smallest absolute Gasteiger partial charge is 0.193 e. The molecule has 0 unspecified atom stereocenters. The molecule has 3 fully saturated rings. The van der Waals surface area contributed by atoms with Crippen LogP contribution in [0.1, 0.15) is 44.9 Å². The quantitative estimate of drug-likeness (QED) is 0.637. The minimum atomic E-state index is 0.193. The van der Waals surface area contributed by atoms with Gasteiger partial charge in [0.2, 0.25) is 0 Å². The van der Waals surface area contributed by atoms with Crippen LogP contribution < -0.4 is 5.32 Å².